The Morgan fingerprint density at radius 2 is 1.52 bits per heavy atom. The first kappa shape index (κ1) is 15.1. The van der Waals surface area contributed by atoms with Gasteiger partial charge in [-0.05, 0) is 29.7 Å². The number of halogens is 3. The number of nitrogens with two attached hydrogens (primary N) is 1. The van der Waals surface area contributed by atoms with E-state index >= 15 is 0 Å². The number of alkyl halides is 3. The molecule has 2 aromatic carbocycles. The maximum absolute atomic E-state index is 13.1. The zero-order chi connectivity index (χ0) is 15.6. The van der Waals surface area contributed by atoms with Gasteiger partial charge < -0.3 is 5.73 Å². The van der Waals surface area contributed by atoms with Crippen molar-refractivity contribution in [3.05, 3.63) is 59.7 Å². The molecule has 21 heavy (non-hydrogen) atoms. The van der Waals surface area contributed by atoms with Crippen LogP contribution >= 0.6 is 0 Å². The molecule has 2 nitrogen and oxygen atoms in total. The molecule has 0 saturated heterocycles. The summed E-state index contributed by atoms with van der Waals surface area (Å²) >= 11 is 0. The van der Waals surface area contributed by atoms with E-state index in [4.69, 9.17) is 5.73 Å². The summed E-state index contributed by atoms with van der Waals surface area (Å²) in [4.78, 5) is 11.4. The van der Waals surface area contributed by atoms with Crippen molar-refractivity contribution in [1.29, 1.82) is 0 Å². The summed E-state index contributed by atoms with van der Waals surface area (Å²) in [6.45, 7) is 1.58. The van der Waals surface area contributed by atoms with Gasteiger partial charge in [0.05, 0.1) is 11.5 Å². The van der Waals surface area contributed by atoms with E-state index in [1.165, 1.54) is 18.2 Å². The molecular formula is C16H14F3NO. The molecule has 110 valence electrons. The highest BCUT2D eigenvalue weighted by molar-refractivity contribution is 5.85. The molecule has 2 rings (SSSR count). The van der Waals surface area contributed by atoms with Gasteiger partial charge in [0.15, 0.2) is 0 Å². The lowest BCUT2D eigenvalue weighted by molar-refractivity contribution is -0.137. The van der Waals surface area contributed by atoms with Crippen molar-refractivity contribution in [3.63, 3.8) is 0 Å². The molecule has 1 amide bonds. The van der Waals surface area contributed by atoms with E-state index < -0.39 is 23.6 Å². The first-order valence-electron chi connectivity index (χ1n) is 6.37. The van der Waals surface area contributed by atoms with Gasteiger partial charge in [-0.25, -0.2) is 0 Å². The Bertz CT molecular complexity index is 665. The van der Waals surface area contributed by atoms with Crippen molar-refractivity contribution in [1.82, 2.24) is 0 Å². The lowest BCUT2D eigenvalue weighted by Gasteiger charge is -2.18. The molecule has 0 aliphatic heterocycles. The van der Waals surface area contributed by atoms with Gasteiger partial charge in [0.1, 0.15) is 0 Å². The quantitative estimate of drug-likeness (QED) is 0.914. The minimum absolute atomic E-state index is 0.0497. The fourth-order valence-electron chi connectivity index (χ4n) is 2.24. The number of carbonyl (C=O) groups is 1. The van der Waals surface area contributed by atoms with Crippen molar-refractivity contribution in [2.24, 2.45) is 5.73 Å². The minimum Gasteiger partial charge on any atom is -0.369 e. The molecule has 0 heterocycles. The van der Waals surface area contributed by atoms with Crippen LogP contribution in [0.25, 0.3) is 11.1 Å². The molecular weight excluding hydrogens is 279 g/mol. The Hall–Kier alpha value is -2.30. The average Bonchev–Trinajstić information content (AvgIpc) is 2.45. The van der Waals surface area contributed by atoms with Crippen molar-refractivity contribution in [2.75, 3.05) is 0 Å². The molecule has 0 aliphatic rings. The minimum atomic E-state index is -4.46. The van der Waals surface area contributed by atoms with Gasteiger partial charge in [0.25, 0.3) is 0 Å². The predicted octanol–water partition coefficient (Wildman–Crippen LogP) is 3.96. The zero-order valence-corrected chi connectivity index (χ0v) is 11.3. The van der Waals surface area contributed by atoms with Crippen LogP contribution in [-0.4, -0.2) is 5.91 Å². The largest absolute Gasteiger partial charge is 0.417 e. The molecule has 2 N–H and O–H groups in total. The normalized spacial score (nSPS) is 13.0. The number of rotatable bonds is 3. The predicted molar refractivity (Wildman–Crippen MR) is 74.5 cm³/mol. The van der Waals surface area contributed by atoms with Crippen LogP contribution < -0.4 is 5.73 Å². The molecule has 0 spiro atoms. The molecule has 0 fully saturated rings. The van der Waals surface area contributed by atoms with Crippen LogP contribution in [0.15, 0.2) is 48.5 Å². The van der Waals surface area contributed by atoms with Crippen LogP contribution in [0.5, 0.6) is 0 Å². The molecule has 0 saturated carbocycles. The third kappa shape index (κ3) is 3.07. The van der Waals surface area contributed by atoms with Crippen LogP contribution in [-0.2, 0) is 11.0 Å². The molecule has 0 aliphatic carbocycles. The Morgan fingerprint density at radius 1 is 1.00 bits per heavy atom. The van der Waals surface area contributed by atoms with E-state index in [1.54, 1.807) is 31.2 Å². The number of hydrogen-bond acceptors (Lipinski definition) is 1. The second kappa shape index (κ2) is 5.60. The summed E-state index contributed by atoms with van der Waals surface area (Å²) in [5.41, 5.74) is 5.46. The Labute approximate surface area is 120 Å². The van der Waals surface area contributed by atoms with Crippen LogP contribution in [0.1, 0.15) is 24.0 Å². The van der Waals surface area contributed by atoms with Gasteiger partial charge in [-0.3, -0.25) is 4.79 Å². The number of carbonyl (C=O) groups excluding carboxylic acids is 1. The summed E-state index contributed by atoms with van der Waals surface area (Å²) < 4.78 is 39.4. The summed E-state index contributed by atoms with van der Waals surface area (Å²) in [6, 6.07) is 11.8. The summed E-state index contributed by atoms with van der Waals surface area (Å²) in [5, 5.41) is 0. The number of hydrogen-bond donors (Lipinski definition) is 1. The lowest BCUT2D eigenvalue weighted by Crippen LogP contribution is -2.19. The topological polar surface area (TPSA) is 43.1 Å². The van der Waals surface area contributed by atoms with E-state index in [2.05, 4.69) is 0 Å². The van der Waals surface area contributed by atoms with Gasteiger partial charge in [0, 0.05) is 0 Å². The summed E-state index contributed by atoms with van der Waals surface area (Å²) in [7, 11) is 0. The number of primary amides is 1. The van der Waals surface area contributed by atoms with Crippen LogP contribution in [0.4, 0.5) is 13.2 Å². The van der Waals surface area contributed by atoms with Crippen LogP contribution in [0, 0.1) is 0 Å². The molecule has 0 aromatic heterocycles. The van der Waals surface area contributed by atoms with Crippen molar-refractivity contribution < 1.29 is 18.0 Å². The van der Waals surface area contributed by atoms with Crippen molar-refractivity contribution >= 4 is 5.91 Å². The zero-order valence-electron chi connectivity index (χ0n) is 11.3. The number of benzene rings is 2. The third-order valence-electron chi connectivity index (χ3n) is 3.38. The van der Waals surface area contributed by atoms with E-state index in [0.717, 1.165) is 6.07 Å². The first-order valence-corrected chi connectivity index (χ1v) is 6.37. The fourth-order valence-corrected chi connectivity index (χ4v) is 2.24. The van der Waals surface area contributed by atoms with Gasteiger partial charge in [0.2, 0.25) is 5.91 Å². The molecule has 0 bridgehead atoms. The highest BCUT2D eigenvalue weighted by Gasteiger charge is 2.34. The fraction of sp³-hybridized carbons (Fsp3) is 0.188. The Balaban J connectivity index is 2.67. The Morgan fingerprint density at radius 3 is 2.10 bits per heavy atom. The van der Waals surface area contributed by atoms with E-state index in [9.17, 15) is 18.0 Å². The number of amides is 1. The molecule has 1 unspecified atom stereocenters. The molecule has 1 atom stereocenters. The molecule has 0 radical (unpaired) electrons. The van der Waals surface area contributed by atoms with Crippen molar-refractivity contribution in [3.8, 4) is 11.1 Å². The maximum Gasteiger partial charge on any atom is 0.417 e. The van der Waals surface area contributed by atoms with Crippen molar-refractivity contribution in [2.45, 2.75) is 19.0 Å². The maximum atomic E-state index is 13.1. The van der Waals surface area contributed by atoms with Crippen LogP contribution in [0.2, 0.25) is 0 Å². The van der Waals surface area contributed by atoms with E-state index in [1.807, 2.05) is 0 Å². The lowest BCUT2D eigenvalue weighted by atomic mass is 9.89. The Kier molecular flexibility index (Phi) is 4.02. The van der Waals surface area contributed by atoms with Gasteiger partial charge in [-0.15, -0.1) is 0 Å². The average molecular weight is 293 g/mol. The SMILES string of the molecule is CC(C(N)=O)c1ccccc1-c1ccccc1C(F)(F)F. The molecule has 2 aromatic rings. The third-order valence-corrected chi connectivity index (χ3v) is 3.38. The summed E-state index contributed by atoms with van der Waals surface area (Å²) in [5.74, 6) is -1.24. The van der Waals surface area contributed by atoms with Gasteiger partial charge in [-0.2, -0.15) is 13.2 Å². The monoisotopic (exact) mass is 293 g/mol. The second-order valence-electron chi connectivity index (χ2n) is 4.75. The van der Waals surface area contributed by atoms with Gasteiger partial charge >= 0.3 is 6.18 Å². The van der Waals surface area contributed by atoms with E-state index in [0.29, 0.717) is 11.1 Å². The first-order chi connectivity index (χ1) is 9.82. The van der Waals surface area contributed by atoms with E-state index in [-0.39, 0.29) is 5.56 Å². The smallest absolute Gasteiger partial charge is 0.369 e. The van der Waals surface area contributed by atoms with Crippen LogP contribution in [0.3, 0.4) is 0 Å². The molecule has 5 heteroatoms. The van der Waals surface area contributed by atoms with Gasteiger partial charge in [-0.1, -0.05) is 42.5 Å². The highest BCUT2D eigenvalue weighted by Crippen LogP contribution is 2.39. The second-order valence-corrected chi connectivity index (χ2v) is 4.75. The highest BCUT2D eigenvalue weighted by atomic mass is 19.4. The summed E-state index contributed by atoms with van der Waals surface area (Å²) in [6.07, 6.45) is -4.46. The standard InChI is InChI=1S/C16H14F3NO/c1-10(15(20)21)11-6-2-3-7-12(11)13-8-4-5-9-14(13)16(17,18)19/h2-10H,1H3,(H2,20,21).